The van der Waals surface area contributed by atoms with Crippen LogP contribution in [0.3, 0.4) is 0 Å². The number of nitrogens with one attached hydrogen (secondary N) is 1. The van der Waals surface area contributed by atoms with Gasteiger partial charge in [-0.25, -0.2) is 4.79 Å². The van der Waals surface area contributed by atoms with Crippen LogP contribution < -0.4 is 5.32 Å². The van der Waals surface area contributed by atoms with Gasteiger partial charge in [-0.05, 0) is 25.5 Å². The molecule has 8 nitrogen and oxygen atoms in total. The Balaban J connectivity index is 0.00000256. The molecule has 1 atom stereocenters. The van der Waals surface area contributed by atoms with Crippen molar-refractivity contribution in [3.8, 4) is 0 Å². The molecule has 2 saturated heterocycles. The van der Waals surface area contributed by atoms with E-state index in [9.17, 15) is 4.79 Å². The zero-order valence-electron chi connectivity index (χ0n) is 17.7. The zero-order valence-corrected chi connectivity index (χ0v) is 18.5. The lowest BCUT2D eigenvalue weighted by atomic mass is 9.97. The predicted octanol–water partition coefficient (Wildman–Crippen LogP) is 2.50. The normalized spacial score (nSPS) is 20.6. The van der Waals surface area contributed by atoms with Gasteiger partial charge in [0.1, 0.15) is 0 Å². The topological polar surface area (TPSA) is 77.7 Å². The average molecular weight is 435 g/mol. The van der Waals surface area contributed by atoms with Crippen LogP contribution in [0.2, 0.25) is 0 Å². The highest BCUT2D eigenvalue weighted by Crippen LogP contribution is 2.29. The number of urea groups is 1. The Labute approximate surface area is 184 Å². The Morgan fingerprint density at radius 2 is 1.97 bits per heavy atom. The van der Waals surface area contributed by atoms with Crippen LogP contribution in [-0.2, 0) is 6.54 Å². The first kappa shape index (κ1) is 22.5. The molecule has 0 saturated carbocycles. The van der Waals surface area contributed by atoms with Crippen molar-refractivity contribution in [2.24, 2.45) is 0 Å². The SMILES string of the molecule is CN(Cc1ccccc1)C(=O)N1CCC(c2nc(C3CNCCN3C)no2)CC1.Cl. The number of carbonyl (C=O) groups excluding carboxylic acids is 1. The van der Waals surface area contributed by atoms with Gasteiger partial charge in [0.05, 0.1) is 6.04 Å². The van der Waals surface area contributed by atoms with Crippen molar-refractivity contribution in [1.29, 1.82) is 0 Å². The van der Waals surface area contributed by atoms with Crippen LogP contribution >= 0.6 is 12.4 Å². The number of hydrogen-bond acceptors (Lipinski definition) is 6. The molecule has 0 radical (unpaired) electrons. The molecule has 2 aromatic rings. The molecule has 1 aromatic carbocycles. The van der Waals surface area contributed by atoms with Gasteiger partial charge in [0.2, 0.25) is 5.89 Å². The summed E-state index contributed by atoms with van der Waals surface area (Å²) in [7, 11) is 3.96. The van der Waals surface area contributed by atoms with Gasteiger partial charge in [-0.3, -0.25) is 4.90 Å². The second kappa shape index (κ2) is 10.2. The number of benzene rings is 1. The van der Waals surface area contributed by atoms with Crippen molar-refractivity contribution in [1.82, 2.24) is 30.2 Å². The van der Waals surface area contributed by atoms with Gasteiger partial charge in [0, 0.05) is 52.2 Å². The van der Waals surface area contributed by atoms with Gasteiger partial charge in [-0.15, -0.1) is 12.4 Å². The number of likely N-dealkylation sites (tertiary alicyclic amines) is 1. The number of piperidine rings is 1. The summed E-state index contributed by atoms with van der Waals surface area (Å²) in [5, 5.41) is 7.62. The van der Waals surface area contributed by atoms with Gasteiger partial charge in [0.25, 0.3) is 0 Å². The van der Waals surface area contributed by atoms with Crippen LogP contribution in [0.5, 0.6) is 0 Å². The molecule has 0 spiro atoms. The molecule has 0 bridgehead atoms. The fraction of sp³-hybridized carbons (Fsp3) is 0.571. The Morgan fingerprint density at radius 3 is 2.67 bits per heavy atom. The van der Waals surface area contributed by atoms with Crippen molar-refractivity contribution in [3.63, 3.8) is 0 Å². The lowest BCUT2D eigenvalue weighted by Gasteiger charge is -2.33. The monoisotopic (exact) mass is 434 g/mol. The molecule has 4 rings (SSSR count). The summed E-state index contributed by atoms with van der Waals surface area (Å²) in [6.07, 6.45) is 1.70. The highest BCUT2D eigenvalue weighted by molar-refractivity contribution is 5.85. The number of aromatic nitrogens is 2. The summed E-state index contributed by atoms with van der Waals surface area (Å²) < 4.78 is 5.60. The summed E-state index contributed by atoms with van der Waals surface area (Å²) in [6, 6.07) is 10.3. The van der Waals surface area contributed by atoms with Crippen molar-refractivity contribution in [3.05, 3.63) is 47.6 Å². The van der Waals surface area contributed by atoms with Gasteiger partial charge in [-0.1, -0.05) is 35.5 Å². The minimum Gasteiger partial charge on any atom is -0.339 e. The fourth-order valence-electron chi connectivity index (χ4n) is 4.13. The van der Waals surface area contributed by atoms with E-state index in [-0.39, 0.29) is 30.4 Å². The molecule has 164 valence electrons. The quantitative estimate of drug-likeness (QED) is 0.796. The van der Waals surface area contributed by atoms with Gasteiger partial charge >= 0.3 is 6.03 Å². The van der Waals surface area contributed by atoms with E-state index in [1.165, 1.54) is 0 Å². The van der Waals surface area contributed by atoms with Crippen molar-refractivity contribution in [2.45, 2.75) is 31.3 Å². The molecule has 3 heterocycles. The summed E-state index contributed by atoms with van der Waals surface area (Å²) in [6.45, 7) is 4.86. The van der Waals surface area contributed by atoms with Crippen molar-refractivity contribution in [2.75, 3.05) is 46.8 Å². The van der Waals surface area contributed by atoms with E-state index >= 15 is 0 Å². The smallest absolute Gasteiger partial charge is 0.320 e. The number of piperazine rings is 1. The maximum atomic E-state index is 12.8. The minimum atomic E-state index is 0. The fourth-order valence-corrected chi connectivity index (χ4v) is 4.13. The Morgan fingerprint density at radius 1 is 1.23 bits per heavy atom. The van der Waals surface area contributed by atoms with E-state index in [1.807, 2.05) is 42.3 Å². The molecule has 1 N–H and O–H groups in total. The van der Waals surface area contributed by atoms with E-state index in [2.05, 4.69) is 22.4 Å². The third-order valence-corrected chi connectivity index (χ3v) is 5.97. The molecule has 2 aliphatic heterocycles. The first-order chi connectivity index (χ1) is 14.1. The third-order valence-electron chi connectivity index (χ3n) is 5.97. The summed E-state index contributed by atoms with van der Waals surface area (Å²) in [4.78, 5) is 23.4. The van der Waals surface area contributed by atoms with Gasteiger partial charge < -0.3 is 19.6 Å². The molecule has 2 aliphatic rings. The highest BCUT2D eigenvalue weighted by Gasteiger charge is 2.31. The lowest BCUT2D eigenvalue weighted by Crippen LogP contribution is -2.44. The number of nitrogens with zero attached hydrogens (tertiary/aromatic N) is 5. The van der Waals surface area contributed by atoms with Crippen LogP contribution in [0.15, 0.2) is 34.9 Å². The van der Waals surface area contributed by atoms with Crippen molar-refractivity contribution < 1.29 is 9.32 Å². The van der Waals surface area contributed by atoms with E-state index in [0.29, 0.717) is 25.5 Å². The molecule has 1 unspecified atom stereocenters. The maximum absolute atomic E-state index is 12.8. The molecular formula is C21H31ClN6O2. The zero-order chi connectivity index (χ0) is 20.2. The largest absolute Gasteiger partial charge is 0.339 e. The first-order valence-corrected chi connectivity index (χ1v) is 10.4. The average Bonchev–Trinajstić information content (AvgIpc) is 3.24. The Bertz CT molecular complexity index is 809. The lowest BCUT2D eigenvalue weighted by molar-refractivity contribution is 0.143. The Hall–Kier alpha value is -2.16. The van der Waals surface area contributed by atoms with Gasteiger partial charge in [0.15, 0.2) is 5.82 Å². The Kier molecular flexibility index (Phi) is 7.69. The second-order valence-corrected chi connectivity index (χ2v) is 8.08. The van der Waals surface area contributed by atoms with Crippen molar-refractivity contribution >= 4 is 18.4 Å². The molecule has 9 heteroatoms. The van der Waals surface area contributed by atoms with E-state index < -0.39 is 0 Å². The second-order valence-electron chi connectivity index (χ2n) is 8.08. The van der Waals surface area contributed by atoms with Crippen LogP contribution in [0.4, 0.5) is 4.79 Å². The molecule has 0 aliphatic carbocycles. The number of amides is 2. The third kappa shape index (κ3) is 5.11. The molecular weight excluding hydrogens is 404 g/mol. The molecule has 2 fully saturated rings. The summed E-state index contributed by atoms with van der Waals surface area (Å²) in [5.41, 5.74) is 1.14. The number of hydrogen-bond donors (Lipinski definition) is 1. The van der Waals surface area contributed by atoms with E-state index in [1.54, 1.807) is 4.90 Å². The molecule has 1 aromatic heterocycles. The highest BCUT2D eigenvalue weighted by atomic mass is 35.5. The van der Waals surface area contributed by atoms with Crippen LogP contribution in [0.25, 0.3) is 0 Å². The van der Waals surface area contributed by atoms with Crippen LogP contribution in [-0.4, -0.2) is 77.7 Å². The van der Waals surface area contributed by atoms with E-state index in [0.717, 1.165) is 43.9 Å². The number of rotatable bonds is 4. The number of likely N-dealkylation sites (N-methyl/N-ethyl adjacent to an activating group) is 1. The van der Waals surface area contributed by atoms with Gasteiger partial charge in [-0.2, -0.15) is 4.98 Å². The standard InChI is InChI=1S/C21H30N6O2.ClH/c1-25-13-10-22-14-18(25)19-23-20(29-24-19)17-8-11-27(12-9-17)21(28)26(2)15-16-6-4-3-5-7-16;/h3-7,17-18,22H,8-15H2,1-2H3;1H. The van der Waals surface area contributed by atoms with Crippen LogP contribution in [0.1, 0.15) is 42.1 Å². The van der Waals surface area contributed by atoms with Crippen LogP contribution in [0, 0.1) is 0 Å². The predicted molar refractivity (Wildman–Crippen MR) is 117 cm³/mol. The molecule has 30 heavy (non-hydrogen) atoms. The number of carbonyl (C=O) groups is 1. The van der Waals surface area contributed by atoms with E-state index in [4.69, 9.17) is 9.51 Å². The summed E-state index contributed by atoms with van der Waals surface area (Å²) in [5.74, 6) is 1.70. The molecule has 2 amide bonds. The minimum absolute atomic E-state index is 0. The summed E-state index contributed by atoms with van der Waals surface area (Å²) >= 11 is 0. The number of halogens is 1. The first-order valence-electron chi connectivity index (χ1n) is 10.4. The maximum Gasteiger partial charge on any atom is 0.320 e.